The Morgan fingerprint density at radius 2 is 1.67 bits per heavy atom. The molecule has 0 aliphatic carbocycles. The van der Waals surface area contributed by atoms with Gasteiger partial charge in [0.15, 0.2) is 11.0 Å². The van der Waals surface area contributed by atoms with Crippen LogP contribution in [0.5, 0.6) is 0 Å². The molecule has 1 aromatic carbocycles. The third kappa shape index (κ3) is 4.90. The zero-order valence-electron chi connectivity index (χ0n) is 18.2. The number of para-hydroxylation sites is 1. The molecular formula is C23H29N5OS. The van der Waals surface area contributed by atoms with Crippen LogP contribution in [0.15, 0.2) is 47.9 Å². The van der Waals surface area contributed by atoms with E-state index >= 15 is 0 Å². The van der Waals surface area contributed by atoms with Crippen LogP contribution in [-0.4, -0.2) is 31.4 Å². The van der Waals surface area contributed by atoms with Crippen molar-refractivity contribution in [2.45, 2.75) is 58.2 Å². The van der Waals surface area contributed by atoms with Gasteiger partial charge in [-0.3, -0.25) is 9.78 Å². The van der Waals surface area contributed by atoms with Crippen molar-refractivity contribution in [2.24, 2.45) is 0 Å². The van der Waals surface area contributed by atoms with E-state index in [2.05, 4.69) is 66.4 Å². The minimum atomic E-state index is -0.0360. The normalized spacial score (nSPS) is 11.3. The lowest BCUT2D eigenvalue weighted by molar-refractivity contribution is -0.113. The molecule has 0 atom stereocenters. The Bertz CT molecular complexity index is 972. The van der Waals surface area contributed by atoms with Gasteiger partial charge >= 0.3 is 0 Å². The fourth-order valence-corrected chi connectivity index (χ4v) is 4.20. The number of aromatic nitrogens is 4. The first-order valence-corrected chi connectivity index (χ1v) is 11.3. The third-order valence-electron chi connectivity index (χ3n) is 4.94. The number of amides is 1. The van der Waals surface area contributed by atoms with E-state index in [0.717, 1.165) is 39.9 Å². The van der Waals surface area contributed by atoms with Gasteiger partial charge in [0.05, 0.1) is 5.75 Å². The Kier molecular flexibility index (Phi) is 7.26. The van der Waals surface area contributed by atoms with Gasteiger partial charge in [0.25, 0.3) is 0 Å². The smallest absolute Gasteiger partial charge is 0.234 e. The number of nitrogens with one attached hydrogen (secondary N) is 1. The summed E-state index contributed by atoms with van der Waals surface area (Å²) in [6.07, 6.45) is 3.48. The third-order valence-corrected chi connectivity index (χ3v) is 5.91. The monoisotopic (exact) mass is 423 g/mol. The van der Waals surface area contributed by atoms with Crippen LogP contribution in [0, 0.1) is 0 Å². The Labute approximate surface area is 182 Å². The van der Waals surface area contributed by atoms with Crippen molar-refractivity contribution in [3.8, 4) is 11.4 Å². The molecule has 0 spiro atoms. The van der Waals surface area contributed by atoms with Crippen LogP contribution in [0.25, 0.3) is 11.4 Å². The van der Waals surface area contributed by atoms with Crippen molar-refractivity contribution in [2.75, 3.05) is 11.1 Å². The number of rotatable bonds is 8. The summed E-state index contributed by atoms with van der Waals surface area (Å²) in [6, 6.07) is 10.1. The van der Waals surface area contributed by atoms with Crippen LogP contribution in [-0.2, 0) is 11.3 Å². The Hall–Kier alpha value is -2.67. The molecule has 0 saturated carbocycles. The molecular weight excluding hydrogens is 394 g/mol. The highest BCUT2D eigenvalue weighted by atomic mass is 32.2. The van der Waals surface area contributed by atoms with Crippen molar-refractivity contribution in [3.63, 3.8) is 0 Å². The zero-order valence-corrected chi connectivity index (χ0v) is 19.0. The molecule has 0 bridgehead atoms. The number of carbonyl (C=O) groups is 1. The molecule has 7 heteroatoms. The maximum atomic E-state index is 12.8. The van der Waals surface area contributed by atoms with Crippen LogP contribution >= 0.6 is 11.8 Å². The highest BCUT2D eigenvalue weighted by Gasteiger charge is 2.18. The summed E-state index contributed by atoms with van der Waals surface area (Å²) >= 11 is 1.40. The number of thioether (sulfide) groups is 1. The molecule has 0 fully saturated rings. The van der Waals surface area contributed by atoms with E-state index in [4.69, 9.17) is 0 Å². The van der Waals surface area contributed by atoms with Crippen LogP contribution in [0.4, 0.5) is 5.69 Å². The SMILES string of the molecule is CCn1c(SCC(=O)Nc2c(C(C)C)cccc2C(C)C)nnc1-c1ccncc1. The van der Waals surface area contributed by atoms with Crippen LogP contribution in [0.1, 0.15) is 57.6 Å². The van der Waals surface area contributed by atoms with Gasteiger partial charge in [-0.05, 0) is 42.0 Å². The number of pyridine rings is 1. The number of carbonyl (C=O) groups excluding carboxylic acids is 1. The summed E-state index contributed by atoms with van der Waals surface area (Å²) in [5, 5.41) is 12.5. The van der Waals surface area contributed by atoms with Gasteiger partial charge in [-0.15, -0.1) is 10.2 Å². The molecule has 30 heavy (non-hydrogen) atoms. The molecule has 0 saturated heterocycles. The second kappa shape index (κ2) is 9.89. The average Bonchev–Trinajstić information content (AvgIpc) is 3.15. The maximum Gasteiger partial charge on any atom is 0.234 e. The molecule has 0 aliphatic heterocycles. The quantitative estimate of drug-likeness (QED) is 0.495. The number of anilines is 1. The highest BCUT2D eigenvalue weighted by molar-refractivity contribution is 7.99. The predicted molar refractivity (Wildman–Crippen MR) is 123 cm³/mol. The second-order valence-corrected chi connectivity index (χ2v) is 8.69. The van der Waals surface area contributed by atoms with Gasteiger partial charge in [-0.1, -0.05) is 57.7 Å². The summed E-state index contributed by atoms with van der Waals surface area (Å²) in [5.74, 6) is 1.69. The molecule has 0 aliphatic rings. The van der Waals surface area contributed by atoms with E-state index in [-0.39, 0.29) is 11.7 Å². The van der Waals surface area contributed by atoms with E-state index in [1.54, 1.807) is 12.4 Å². The number of nitrogens with zero attached hydrogens (tertiary/aromatic N) is 4. The first-order chi connectivity index (χ1) is 14.4. The summed E-state index contributed by atoms with van der Waals surface area (Å²) in [6.45, 7) is 11.4. The topological polar surface area (TPSA) is 72.7 Å². The van der Waals surface area contributed by atoms with Gasteiger partial charge in [0.1, 0.15) is 0 Å². The lowest BCUT2D eigenvalue weighted by Crippen LogP contribution is -2.18. The van der Waals surface area contributed by atoms with E-state index < -0.39 is 0 Å². The lowest BCUT2D eigenvalue weighted by Gasteiger charge is -2.20. The summed E-state index contributed by atoms with van der Waals surface area (Å²) < 4.78 is 2.02. The molecule has 2 heterocycles. The minimum absolute atomic E-state index is 0.0360. The van der Waals surface area contributed by atoms with E-state index in [1.807, 2.05) is 23.6 Å². The van der Waals surface area contributed by atoms with Gasteiger partial charge < -0.3 is 9.88 Å². The standard InChI is InChI=1S/C23H29N5OS/c1-6-28-22(17-10-12-24-13-11-17)26-27-23(28)30-14-20(29)25-21-18(15(2)3)8-7-9-19(21)16(4)5/h7-13,15-16H,6,14H2,1-5H3,(H,25,29). The van der Waals surface area contributed by atoms with Crippen molar-refractivity contribution >= 4 is 23.4 Å². The van der Waals surface area contributed by atoms with Crippen LogP contribution in [0.2, 0.25) is 0 Å². The van der Waals surface area contributed by atoms with E-state index in [0.29, 0.717) is 11.8 Å². The molecule has 6 nitrogen and oxygen atoms in total. The van der Waals surface area contributed by atoms with E-state index in [9.17, 15) is 4.79 Å². The van der Waals surface area contributed by atoms with Crippen LogP contribution in [0.3, 0.4) is 0 Å². The van der Waals surface area contributed by atoms with Gasteiger partial charge in [0, 0.05) is 30.2 Å². The van der Waals surface area contributed by atoms with Crippen molar-refractivity contribution in [1.82, 2.24) is 19.7 Å². The maximum absolute atomic E-state index is 12.8. The Morgan fingerprint density at radius 1 is 1.03 bits per heavy atom. The van der Waals surface area contributed by atoms with E-state index in [1.165, 1.54) is 11.8 Å². The predicted octanol–water partition coefficient (Wildman–Crippen LogP) is 5.34. The molecule has 0 unspecified atom stereocenters. The van der Waals surface area contributed by atoms with Gasteiger partial charge in [-0.2, -0.15) is 0 Å². The average molecular weight is 424 g/mol. The Morgan fingerprint density at radius 3 is 2.23 bits per heavy atom. The minimum Gasteiger partial charge on any atom is -0.325 e. The van der Waals surface area contributed by atoms with Crippen molar-refractivity contribution in [3.05, 3.63) is 53.9 Å². The first kappa shape index (κ1) is 22.0. The largest absolute Gasteiger partial charge is 0.325 e. The Balaban J connectivity index is 1.76. The summed E-state index contributed by atoms with van der Waals surface area (Å²) in [5.41, 5.74) is 4.23. The summed E-state index contributed by atoms with van der Waals surface area (Å²) in [7, 11) is 0. The highest BCUT2D eigenvalue weighted by Crippen LogP contribution is 2.32. The fraction of sp³-hybridized carbons (Fsp3) is 0.391. The molecule has 3 rings (SSSR count). The number of hydrogen-bond donors (Lipinski definition) is 1. The van der Waals surface area contributed by atoms with Gasteiger partial charge in [0.2, 0.25) is 5.91 Å². The molecule has 1 amide bonds. The van der Waals surface area contributed by atoms with Gasteiger partial charge in [-0.25, -0.2) is 0 Å². The van der Waals surface area contributed by atoms with Crippen LogP contribution < -0.4 is 5.32 Å². The number of benzene rings is 1. The fourth-order valence-electron chi connectivity index (χ4n) is 3.40. The van der Waals surface area contributed by atoms with Crippen molar-refractivity contribution < 1.29 is 4.79 Å². The van der Waals surface area contributed by atoms with Crippen molar-refractivity contribution in [1.29, 1.82) is 0 Å². The number of hydrogen-bond acceptors (Lipinski definition) is 5. The first-order valence-electron chi connectivity index (χ1n) is 10.3. The second-order valence-electron chi connectivity index (χ2n) is 7.74. The molecule has 2 aromatic heterocycles. The molecule has 1 N–H and O–H groups in total. The molecule has 3 aromatic rings. The molecule has 0 radical (unpaired) electrons. The zero-order chi connectivity index (χ0) is 21.7. The lowest BCUT2D eigenvalue weighted by atomic mass is 9.92. The molecule has 158 valence electrons. The summed E-state index contributed by atoms with van der Waals surface area (Å²) in [4.78, 5) is 16.9.